The molecule has 9 heteroatoms. The Morgan fingerprint density at radius 1 is 1.21 bits per heavy atom. The number of carbonyl (C=O) groups excluding carboxylic acids is 1. The van der Waals surface area contributed by atoms with Gasteiger partial charge in [0.05, 0.1) is 35.7 Å². The van der Waals surface area contributed by atoms with E-state index in [1.807, 2.05) is 4.90 Å². The maximum atomic E-state index is 13.7. The van der Waals surface area contributed by atoms with Crippen molar-refractivity contribution in [2.75, 3.05) is 31.7 Å². The number of esters is 1. The fraction of sp³-hybridized carbons (Fsp3) is 0.333. The van der Waals surface area contributed by atoms with E-state index in [2.05, 4.69) is 4.98 Å². The molecule has 1 fully saturated rings. The molecule has 2 aromatic carbocycles. The van der Waals surface area contributed by atoms with Crippen molar-refractivity contribution < 1.29 is 22.7 Å². The van der Waals surface area contributed by atoms with Crippen LogP contribution in [0.1, 0.15) is 19.8 Å². The van der Waals surface area contributed by atoms with Crippen LogP contribution in [0.4, 0.5) is 5.69 Å². The number of hydrogen-bond donors (Lipinski definition) is 0. The summed E-state index contributed by atoms with van der Waals surface area (Å²) in [4.78, 5) is 19.0. The first kappa shape index (κ1) is 23.3. The van der Waals surface area contributed by atoms with E-state index in [9.17, 15) is 13.2 Å². The van der Waals surface area contributed by atoms with Crippen molar-refractivity contribution in [1.82, 2.24) is 4.98 Å². The SMILES string of the molecule is CCOC(=O)[C@H]1CCCN(c2c(S(=O)(=O)c3ccc(OC)cc3)cnc3ccc(Cl)cc23)C1. The molecular weight excluding hydrogens is 464 g/mol. The Bertz CT molecular complexity index is 1280. The third-order valence-electron chi connectivity index (χ3n) is 5.78. The summed E-state index contributed by atoms with van der Waals surface area (Å²) in [5, 5.41) is 1.10. The molecule has 7 nitrogen and oxygen atoms in total. The van der Waals surface area contributed by atoms with Crippen molar-refractivity contribution in [1.29, 1.82) is 0 Å². The molecule has 0 unspecified atom stereocenters. The minimum absolute atomic E-state index is 0.0759. The normalized spacial score (nSPS) is 16.6. The zero-order valence-corrected chi connectivity index (χ0v) is 20.0. The van der Waals surface area contributed by atoms with E-state index in [1.54, 1.807) is 37.3 Å². The largest absolute Gasteiger partial charge is 0.497 e. The van der Waals surface area contributed by atoms with Gasteiger partial charge >= 0.3 is 5.97 Å². The fourth-order valence-corrected chi connectivity index (χ4v) is 5.78. The zero-order valence-electron chi connectivity index (χ0n) is 18.5. The molecule has 33 heavy (non-hydrogen) atoms. The summed E-state index contributed by atoms with van der Waals surface area (Å²) in [6, 6.07) is 11.4. The summed E-state index contributed by atoms with van der Waals surface area (Å²) in [7, 11) is -2.39. The molecule has 0 saturated carbocycles. The van der Waals surface area contributed by atoms with Gasteiger partial charge in [-0.2, -0.15) is 0 Å². The fourth-order valence-electron chi connectivity index (χ4n) is 4.17. The van der Waals surface area contributed by atoms with Gasteiger partial charge in [0.2, 0.25) is 9.84 Å². The summed E-state index contributed by atoms with van der Waals surface area (Å²) in [5.74, 6) is -0.0401. The molecule has 1 aliphatic heterocycles. The van der Waals surface area contributed by atoms with Crippen LogP contribution >= 0.6 is 11.6 Å². The molecule has 3 aromatic rings. The first-order chi connectivity index (χ1) is 15.8. The Morgan fingerprint density at radius 3 is 2.67 bits per heavy atom. The van der Waals surface area contributed by atoms with Crippen molar-refractivity contribution in [3.8, 4) is 5.75 Å². The summed E-state index contributed by atoms with van der Waals surface area (Å²) in [6.07, 6.45) is 2.81. The highest BCUT2D eigenvalue weighted by molar-refractivity contribution is 7.91. The Hall–Kier alpha value is -2.84. The molecule has 0 amide bonds. The van der Waals surface area contributed by atoms with Crippen molar-refractivity contribution >= 4 is 44.0 Å². The predicted molar refractivity (Wildman–Crippen MR) is 127 cm³/mol. The Balaban J connectivity index is 1.87. The van der Waals surface area contributed by atoms with Crippen molar-refractivity contribution in [3.05, 3.63) is 53.7 Å². The maximum Gasteiger partial charge on any atom is 0.310 e. The van der Waals surface area contributed by atoms with Gasteiger partial charge in [0, 0.05) is 29.7 Å². The minimum Gasteiger partial charge on any atom is -0.497 e. The smallest absolute Gasteiger partial charge is 0.310 e. The van der Waals surface area contributed by atoms with Crippen LogP contribution in [0.2, 0.25) is 5.02 Å². The average molecular weight is 489 g/mol. The third kappa shape index (κ3) is 4.63. The monoisotopic (exact) mass is 488 g/mol. The molecule has 0 N–H and O–H groups in total. The lowest BCUT2D eigenvalue weighted by Crippen LogP contribution is -2.40. The number of sulfone groups is 1. The van der Waals surface area contributed by atoms with E-state index < -0.39 is 9.84 Å². The van der Waals surface area contributed by atoms with Gasteiger partial charge in [0.15, 0.2) is 0 Å². The van der Waals surface area contributed by atoms with Gasteiger partial charge in [-0.3, -0.25) is 9.78 Å². The van der Waals surface area contributed by atoms with E-state index in [-0.39, 0.29) is 21.7 Å². The van der Waals surface area contributed by atoms with Crippen molar-refractivity contribution in [3.63, 3.8) is 0 Å². The van der Waals surface area contributed by atoms with Crippen LogP contribution in [0.15, 0.2) is 58.5 Å². The second-order valence-electron chi connectivity index (χ2n) is 7.85. The number of methoxy groups -OCH3 is 1. The molecule has 0 spiro atoms. The number of halogens is 1. The number of nitrogens with zero attached hydrogens (tertiary/aromatic N) is 2. The molecule has 0 bridgehead atoms. The van der Waals surface area contributed by atoms with Crippen LogP contribution in [0, 0.1) is 5.92 Å². The number of aromatic nitrogens is 1. The van der Waals surface area contributed by atoms with Crippen LogP contribution < -0.4 is 9.64 Å². The van der Waals surface area contributed by atoms with E-state index in [0.29, 0.717) is 53.5 Å². The highest BCUT2D eigenvalue weighted by Crippen LogP contribution is 2.39. The minimum atomic E-state index is -3.92. The molecule has 0 radical (unpaired) electrons. The first-order valence-electron chi connectivity index (χ1n) is 10.7. The van der Waals surface area contributed by atoms with Gasteiger partial charge in [0.1, 0.15) is 10.6 Å². The molecule has 1 aliphatic rings. The van der Waals surface area contributed by atoms with Gasteiger partial charge in [0.25, 0.3) is 0 Å². The molecule has 1 atom stereocenters. The van der Waals surface area contributed by atoms with E-state index in [1.165, 1.54) is 25.4 Å². The molecule has 1 aromatic heterocycles. The van der Waals surface area contributed by atoms with Crippen LogP contribution in [-0.4, -0.2) is 46.2 Å². The van der Waals surface area contributed by atoms with Crippen LogP contribution in [0.3, 0.4) is 0 Å². The summed E-state index contributed by atoms with van der Waals surface area (Å²) in [5.41, 5.74) is 1.13. The highest BCUT2D eigenvalue weighted by atomic mass is 35.5. The lowest BCUT2D eigenvalue weighted by Gasteiger charge is -2.35. The van der Waals surface area contributed by atoms with E-state index in [4.69, 9.17) is 21.1 Å². The predicted octanol–water partition coefficient (Wildman–Crippen LogP) is 4.51. The van der Waals surface area contributed by atoms with Gasteiger partial charge in [-0.15, -0.1) is 0 Å². The molecule has 0 aliphatic carbocycles. The maximum absolute atomic E-state index is 13.7. The summed E-state index contributed by atoms with van der Waals surface area (Å²) < 4.78 is 37.8. The average Bonchev–Trinajstić information content (AvgIpc) is 2.83. The topological polar surface area (TPSA) is 85.8 Å². The number of fused-ring (bicyclic) bond motifs is 1. The van der Waals surface area contributed by atoms with E-state index in [0.717, 1.165) is 6.42 Å². The number of benzene rings is 2. The van der Waals surface area contributed by atoms with Gasteiger partial charge < -0.3 is 14.4 Å². The quantitative estimate of drug-likeness (QED) is 0.472. The van der Waals surface area contributed by atoms with Gasteiger partial charge in [-0.05, 0) is 62.2 Å². The molecule has 2 heterocycles. The second kappa shape index (κ2) is 9.57. The first-order valence-corrected chi connectivity index (χ1v) is 12.6. The number of carbonyl (C=O) groups is 1. The number of hydrogen-bond acceptors (Lipinski definition) is 7. The number of pyridine rings is 1. The molecule has 4 rings (SSSR count). The number of piperidine rings is 1. The Labute approximate surface area is 198 Å². The van der Waals surface area contributed by atoms with Crippen molar-refractivity contribution in [2.45, 2.75) is 29.6 Å². The second-order valence-corrected chi connectivity index (χ2v) is 10.2. The summed E-state index contributed by atoms with van der Waals surface area (Å²) >= 11 is 6.28. The van der Waals surface area contributed by atoms with Crippen LogP contribution in [-0.2, 0) is 19.4 Å². The lowest BCUT2D eigenvalue weighted by molar-refractivity contribution is -0.148. The molecular formula is C24H25ClN2O5S. The Kier molecular flexibility index (Phi) is 6.76. The summed E-state index contributed by atoms with van der Waals surface area (Å²) in [6.45, 7) is 3.04. The molecule has 174 valence electrons. The lowest BCUT2D eigenvalue weighted by atomic mass is 9.97. The van der Waals surface area contributed by atoms with Gasteiger partial charge in [-0.25, -0.2) is 8.42 Å². The number of anilines is 1. The van der Waals surface area contributed by atoms with E-state index >= 15 is 0 Å². The van der Waals surface area contributed by atoms with Gasteiger partial charge in [-0.1, -0.05) is 11.6 Å². The molecule has 1 saturated heterocycles. The zero-order chi connectivity index (χ0) is 23.6. The number of rotatable bonds is 6. The van der Waals surface area contributed by atoms with Crippen molar-refractivity contribution in [2.24, 2.45) is 5.92 Å². The third-order valence-corrected chi connectivity index (χ3v) is 7.79. The highest BCUT2D eigenvalue weighted by Gasteiger charge is 2.32. The standard InChI is InChI=1S/C24H25ClN2O5S/c1-3-32-24(28)16-5-4-12-27(15-16)23-20-13-17(25)6-11-21(20)26-14-22(23)33(29,30)19-9-7-18(31-2)8-10-19/h6-11,13-14,16H,3-5,12,15H2,1-2H3/t16-/m0/s1. The van der Waals surface area contributed by atoms with Crippen LogP contribution in [0.25, 0.3) is 10.9 Å². The Morgan fingerprint density at radius 2 is 1.97 bits per heavy atom. The number of ether oxygens (including phenoxy) is 2. The van der Waals surface area contributed by atoms with Crippen LogP contribution in [0.5, 0.6) is 5.75 Å².